The highest BCUT2D eigenvalue weighted by Gasteiger charge is 2.41. The summed E-state index contributed by atoms with van der Waals surface area (Å²) in [5.41, 5.74) is 0. The SMILES string of the molecule is CC1[C@H](C(=O)c2cccs2)CC[C@H]1C(=O)c1cccs1. The van der Waals surface area contributed by atoms with E-state index in [0.29, 0.717) is 0 Å². The van der Waals surface area contributed by atoms with E-state index in [1.165, 1.54) is 22.7 Å². The Hall–Kier alpha value is -1.26. The van der Waals surface area contributed by atoms with Crippen LogP contribution < -0.4 is 0 Å². The maximum Gasteiger partial charge on any atom is 0.176 e. The van der Waals surface area contributed by atoms with E-state index in [9.17, 15) is 9.59 Å². The maximum atomic E-state index is 12.5. The minimum atomic E-state index is 0.00237. The van der Waals surface area contributed by atoms with Crippen molar-refractivity contribution in [1.82, 2.24) is 0 Å². The molecule has 0 N–H and O–H groups in total. The second-order valence-corrected chi connectivity index (χ2v) is 7.23. The van der Waals surface area contributed by atoms with Crippen LogP contribution in [0.4, 0.5) is 0 Å². The third-order valence-corrected chi connectivity index (χ3v) is 6.03. The van der Waals surface area contributed by atoms with E-state index in [1.807, 2.05) is 35.0 Å². The Morgan fingerprint density at radius 3 is 1.75 bits per heavy atom. The normalized spacial score (nSPS) is 23.1. The van der Waals surface area contributed by atoms with E-state index in [1.54, 1.807) is 0 Å². The van der Waals surface area contributed by atoms with Crippen LogP contribution in [-0.2, 0) is 0 Å². The van der Waals surface area contributed by atoms with Gasteiger partial charge in [0.25, 0.3) is 0 Å². The number of hydrogen-bond acceptors (Lipinski definition) is 4. The fraction of sp³-hybridized carbons (Fsp3) is 0.375. The standard InChI is InChI=1S/C16H16O2S2/c1-10-11(15(17)13-4-2-8-19-13)6-7-12(10)16(18)14-5-3-9-20-14/h2-5,8-12H,6-7H2,1H3/t11-,12-/m1/s1. The minimum absolute atomic E-state index is 0.00237. The van der Waals surface area contributed by atoms with Gasteiger partial charge in [0.15, 0.2) is 11.6 Å². The van der Waals surface area contributed by atoms with Crippen molar-refractivity contribution in [1.29, 1.82) is 0 Å². The highest BCUT2D eigenvalue weighted by molar-refractivity contribution is 7.12. The predicted molar refractivity (Wildman–Crippen MR) is 82.7 cm³/mol. The molecule has 1 aliphatic carbocycles. The number of rotatable bonds is 4. The molecule has 2 aromatic heterocycles. The molecule has 20 heavy (non-hydrogen) atoms. The number of Topliss-reactive ketones (excluding diaryl/α,β-unsaturated/α-hetero) is 2. The van der Waals surface area contributed by atoms with Gasteiger partial charge in [-0.15, -0.1) is 22.7 Å². The summed E-state index contributed by atoms with van der Waals surface area (Å²) < 4.78 is 0. The molecule has 2 atom stereocenters. The average Bonchev–Trinajstić information content (AvgIpc) is 3.19. The summed E-state index contributed by atoms with van der Waals surface area (Å²) >= 11 is 2.99. The zero-order chi connectivity index (χ0) is 14.1. The van der Waals surface area contributed by atoms with Crippen molar-refractivity contribution in [2.75, 3.05) is 0 Å². The number of hydrogen-bond donors (Lipinski definition) is 0. The largest absolute Gasteiger partial charge is 0.293 e. The van der Waals surface area contributed by atoms with Crippen molar-refractivity contribution in [3.05, 3.63) is 44.8 Å². The van der Waals surface area contributed by atoms with Crippen LogP contribution >= 0.6 is 22.7 Å². The lowest BCUT2D eigenvalue weighted by Crippen LogP contribution is -2.23. The number of thiophene rings is 2. The van der Waals surface area contributed by atoms with E-state index in [0.717, 1.165) is 22.6 Å². The molecular weight excluding hydrogens is 288 g/mol. The highest BCUT2D eigenvalue weighted by Crippen LogP contribution is 2.41. The van der Waals surface area contributed by atoms with Crippen molar-refractivity contribution < 1.29 is 9.59 Å². The molecule has 1 fully saturated rings. The third kappa shape index (κ3) is 2.38. The summed E-state index contributed by atoms with van der Waals surface area (Å²) in [5, 5.41) is 3.86. The van der Waals surface area contributed by atoms with Gasteiger partial charge in [0.05, 0.1) is 9.75 Å². The van der Waals surface area contributed by atoms with E-state index in [-0.39, 0.29) is 29.3 Å². The molecule has 1 saturated carbocycles. The first-order chi connectivity index (χ1) is 9.68. The lowest BCUT2D eigenvalue weighted by Gasteiger charge is -2.18. The van der Waals surface area contributed by atoms with E-state index in [2.05, 4.69) is 6.92 Å². The summed E-state index contributed by atoms with van der Waals surface area (Å²) in [5.74, 6) is 0.576. The van der Waals surface area contributed by atoms with E-state index in [4.69, 9.17) is 0 Å². The molecule has 0 saturated heterocycles. The second-order valence-electron chi connectivity index (χ2n) is 5.33. The molecule has 1 aliphatic rings. The molecule has 2 nitrogen and oxygen atoms in total. The Morgan fingerprint density at radius 1 is 0.950 bits per heavy atom. The number of carbonyl (C=O) groups excluding carboxylic acids is 2. The first kappa shape index (κ1) is 13.7. The van der Waals surface area contributed by atoms with Crippen molar-refractivity contribution >= 4 is 34.2 Å². The van der Waals surface area contributed by atoms with Gasteiger partial charge in [0.2, 0.25) is 0 Å². The Bertz CT molecular complexity index is 544. The Morgan fingerprint density at radius 2 is 1.40 bits per heavy atom. The second kappa shape index (κ2) is 5.62. The molecule has 2 aromatic rings. The Kier molecular flexibility index (Phi) is 3.85. The van der Waals surface area contributed by atoms with Gasteiger partial charge >= 0.3 is 0 Å². The van der Waals surface area contributed by atoms with Crippen molar-refractivity contribution in [2.45, 2.75) is 19.8 Å². The van der Waals surface area contributed by atoms with Crippen LogP contribution in [0.5, 0.6) is 0 Å². The van der Waals surface area contributed by atoms with Gasteiger partial charge in [-0.25, -0.2) is 0 Å². The summed E-state index contributed by atoms with van der Waals surface area (Å²) in [6.45, 7) is 2.05. The monoisotopic (exact) mass is 304 g/mol. The van der Waals surface area contributed by atoms with Crippen LogP contribution in [0.1, 0.15) is 39.1 Å². The molecule has 4 heteroatoms. The first-order valence-corrected chi connectivity index (χ1v) is 8.60. The predicted octanol–water partition coefficient (Wildman–Crippen LogP) is 4.54. The van der Waals surface area contributed by atoms with Crippen LogP contribution in [-0.4, -0.2) is 11.6 Å². The Labute approximate surface area is 126 Å². The van der Waals surface area contributed by atoms with Crippen molar-refractivity contribution in [2.24, 2.45) is 17.8 Å². The molecule has 0 amide bonds. The topological polar surface area (TPSA) is 34.1 Å². The van der Waals surface area contributed by atoms with Gasteiger partial charge in [0, 0.05) is 11.8 Å². The molecule has 0 bridgehead atoms. The fourth-order valence-electron chi connectivity index (χ4n) is 3.11. The van der Waals surface area contributed by atoms with E-state index < -0.39 is 0 Å². The summed E-state index contributed by atoms with van der Waals surface area (Å²) in [4.78, 5) is 26.6. The molecule has 104 valence electrons. The van der Waals surface area contributed by atoms with Gasteiger partial charge in [-0.2, -0.15) is 0 Å². The van der Waals surface area contributed by atoms with Crippen LogP contribution in [0, 0.1) is 17.8 Å². The average molecular weight is 304 g/mol. The summed E-state index contributed by atoms with van der Waals surface area (Å²) in [6, 6.07) is 7.58. The quantitative estimate of drug-likeness (QED) is 0.777. The smallest absolute Gasteiger partial charge is 0.176 e. The van der Waals surface area contributed by atoms with E-state index >= 15 is 0 Å². The third-order valence-electron chi connectivity index (χ3n) is 4.26. The number of carbonyl (C=O) groups is 2. The molecule has 0 aliphatic heterocycles. The van der Waals surface area contributed by atoms with Crippen LogP contribution in [0.15, 0.2) is 35.0 Å². The molecule has 0 aromatic carbocycles. The minimum Gasteiger partial charge on any atom is -0.293 e. The lowest BCUT2D eigenvalue weighted by molar-refractivity contribution is 0.0847. The van der Waals surface area contributed by atoms with Gasteiger partial charge < -0.3 is 0 Å². The molecule has 0 unspecified atom stereocenters. The molecular formula is C16H16O2S2. The van der Waals surface area contributed by atoms with Crippen LogP contribution in [0.3, 0.4) is 0 Å². The highest BCUT2D eigenvalue weighted by atomic mass is 32.1. The number of ketones is 2. The zero-order valence-electron chi connectivity index (χ0n) is 11.2. The van der Waals surface area contributed by atoms with Crippen LogP contribution in [0.2, 0.25) is 0 Å². The van der Waals surface area contributed by atoms with Gasteiger partial charge in [0.1, 0.15) is 0 Å². The van der Waals surface area contributed by atoms with Crippen molar-refractivity contribution in [3.63, 3.8) is 0 Å². The van der Waals surface area contributed by atoms with Crippen LogP contribution in [0.25, 0.3) is 0 Å². The molecule has 2 heterocycles. The summed E-state index contributed by atoms with van der Waals surface area (Å²) in [6.07, 6.45) is 1.67. The van der Waals surface area contributed by atoms with Gasteiger partial charge in [-0.05, 0) is 41.7 Å². The lowest BCUT2D eigenvalue weighted by atomic mass is 9.85. The zero-order valence-corrected chi connectivity index (χ0v) is 12.9. The van der Waals surface area contributed by atoms with Crippen molar-refractivity contribution in [3.8, 4) is 0 Å². The van der Waals surface area contributed by atoms with Gasteiger partial charge in [-0.1, -0.05) is 19.1 Å². The maximum absolute atomic E-state index is 12.5. The summed E-state index contributed by atoms with van der Waals surface area (Å²) in [7, 11) is 0. The fourth-order valence-corrected chi connectivity index (χ4v) is 4.56. The first-order valence-electron chi connectivity index (χ1n) is 6.84. The molecule has 0 radical (unpaired) electrons. The molecule has 3 rings (SSSR count). The van der Waals surface area contributed by atoms with Gasteiger partial charge in [-0.3, -0.25) is 9.59 Å². The molecule has 0 spiro atoms. The Balaban J connectivity index is 1.76.